The molecule has 0 saturated carbocycles. The fourth-order valence-electron chi connectivity index (χ4n) is 3.60. The third-order valence-corrected chi connectivity index (χ3v) is 5.30. The van der Waals surface area contributed by atoms with Gasteiger partial charge in [-0.2, -0.15) is 0 Å². The zero-order valence-electron chi connectivity index (χ0n) is 17.8. The topological polar surface area (TPSA) is 75.7 Å². The summed E-state index contributed by atoms with van der Waals surface area (Å²) >= 11 is 0. The second kappa shape index (κ2) is 9.47. The molecule has 1 aliphatic rings. The van der Waals surface area contributed by atoms with E-state index in [4.69, 9.17) is 4.74 Å². The predicted octanol–water partition coefficient (Wildman–Crippen LogP) is 3.99. The first-order valence-corrected chi connectivity index (χ1v) is 10.5. The maximum atomic E-state index is 12.5. The Kier molecular flexibility index (Phi) is 6.31. The molecule has 162 valence electrons. The van der Waals surface area contributed by atoms with Gasteiger partial charge in [-0.1, -0.05) is 36.4 Å². The van der Waals surface area contributed by atoms with E-state index in [1.165, 1.54) is 4.90 Å². The summed E-state index contributed by atoms with van der Waals surface area (Å²) in [6.45, 7) is 3.20. The molecule has 3 aromatic carbocycles. The van der Waals surface area contributed by atoms with Gasteiger partial charge in [-0.15, -0.1) is 0 Å². The van der Waals surface area contributed by atoms with Crippen molar-refractivity contribution in [2.24, 2.45) is 0 Å². The van der Waals surface area contributed by atoms with E-state index in [-0.39, 0.29) is 24.3 Å². The van der Waals surface area contributed by atoms with Gasteiger partial charge in [0, 0.05) is 12.1 Å². The van der Waals surface area contributed by atoms with Gasteiger partial charge in [-0.3, -0.25) is 19.3 Å². The van der Waals surface area contributed by atoms with Crippen LogP contribution in [0.25, 0.3) is 0 Å². The number of aryl methyl sites for hydroxylation is 1. The van der Waals surface area contributed by atoms with E-state index in [2.05, 4.69) is 5.32 Å². The third-order valence-electron chi connectivity index (χ3n) is 5.30. The molecule has 0 atom stereocenters. The first kappa shape index (κ1) is 21.3. The Morgan fingerprint density at radius 1 is 0.906 bits per heavy atom. The molecule has 0 radical (unpaired) electrons. The van der Waals surface area contributed by atoms with Gasteiger partial charge in [0.2, 0.25) is 0 Å². The summed E-state index contributed by atoms with van der Waals surface area (Å²) in [4.78, 5) is 38.6. The largest absolute Gasteiger partial charge is 0.494 e. The first-order chi connectivity index (χ1) is 15.5. The van der Waals surface area contributed by atoms with Crippen LogP contribution in [0.5, 0.6) is 5.75 Å². The third kappa shape index (κ3) is 4.70. The molecule has 6 heteroatoms. The summed E-state index contributed by atoms with van der Waals surface area (Å²) in [6.07, 6.45) is 0.692. The van der Waals surface area contributed by atoms with Crippen molar-refractivity contribution in [3.63, 3.8) is 0 Å². The smallest absolute Gasteiger partial charge is 0.261 e. The standard InChI is InChI=1S/C26H24N2O4/c1-18-6-4-7-21(16-18)32-15-5-14-27-24(29)20-12-10-19(11-13-20)17-28-25(30)22-8-2-3-9-23(22)26(28)31/h2-4,6-13,16H,5,14-15,17H2,1H3,(H,27,29). The molecule has 0 bridgehead atoms. The van der Waals surface area contributed by atoms with E-state index in [9.17, 15) is 14.4 Å². The molecule has 4 rings (SSSR count). The van der Waals surface area contributed by atoms with E-state index < -0.39 is 0 Å². The summed E-state index contributed by atoms with van der Waals surface area (Å²) in [5.74, 6) is 0.0680. The number of rotatable bonds is 8. The maximum absolute atomic E-state index is 12.5. The number of benzene rings is 3. The molecular weight excluding hydrogens is 404 g/mol. The van der Waals surface area contributed by atoms with Crippen molar-refractivity contribution in [1.82, 2.24) is 10.2 Å². The van der Waals surface area contributed by atoms with Crippen LogP contribution in [0.2, 0.25) is 0 Å². The van der Waals surface area contributed by atoms with Gasteiger partial charge in [0.25, 0.3) is 17.7 Å². The van der Waals surface area contributed by atoms with Crippen LogP contribution in [-0.4, -0.2) is 35.8 Å². The molecule has 3 aromatic rings. The number of fused-ring (bicyclic) bond motifs is 1. The molecule has 1 N–H and O–H groups in total. The minimum Gasteiger partial charge on any atom is -0.494 e. The van der Waals surface area contributed by atoms with Crippen LogP contribution in [0, 0.1) is 6.92 Å². The summed E-state index contributed by atoms with van der Waals surface area (Å²) in [5, 5.41) is 2.88. The molecule has 3 amide bonds. The van der Waals surface area contributed by atoms with E-state index in [1.54, 1.807) is 48.5 Å². The lowest BCUT2D eigenvalue weighted by Crippen LogP contribution is -2.29. The normalized spacial score (nSPS) is 12.6. The van der Waals surface area contributed by atoms with Crippen LogP contribution in [0.15, 0.2) is 72.8 Å². The number of hydrogen-bond acceptors (Lipinski definition) is 4. The van der Waals surface area contributed by atoms with Gasteiger partial charge in [0.1, 0.15) is 5.75 Å². The molecule has 0 fully saturated rings. The number of carbonyl (C=O) groups is 3. The number of hydrogen-bond donors (Lipinski definition) is 1. The summed E-state index contributed by atoms with van der Waals surface area (Å²) in [5.41, 5.74) is 3.31. The fraction of sp³-hybridized carbons (Fsp3) is 0.192. The van der Waals surface area contributed by atoms with Crippen molar-refractivity contribution in [3.05, 3.63) is 101 Å². The molecule has 0 saturated heterocycles. The van der Waals surface area contributed by atoms with Crippen molar-refractivity contribution < 1.29 is 19.1 Å². The second-order valence-electron chi connectivity index (χ2n) is 7.71. The highest BCUT2D eigenvalue weighted by Gasteiger charge is 2.34. The molecule has 0 unspecified atom stereocenters. The van der Waals surface area contributed by atoms with E-state index in [0.29, 0.717) is 36.3 Å². The number of nitrogens with one attached hydrogen (secondary N) is 1. The summed E-state index contributed by atoms with van der Waals surface area (Å²) in [6, 6.07) is 21.6. The van der Waals surface area contributed by atoms with Gasteiger partial charge >= 0.3 is 0 Å². The maximum Gasteiger partial charge on any atom is 0.261 e. The van der Waals surface area contributed by atoms with Crippen LogP contribution in [0.1, 0.15) is 48.6 Å². The van der Waals surface area contributed by atoms with Gasteiger partial charge in [0.15, 0.2) is 0 Å². The highest BCUT2D eigenvalue weighted by Crippen LogP contribution is 2.24. The van der Waals surface area contributed by atoms with Gasteiger partial charge in [-0.05, 0) is 60.9 Å². The lowest BCUT2D eigenvalue weighted by Gasteiger charge is -2.14. The van der Waals surface area contributed by atoms with Crippen LogP contribution < -0.4 is 10.1 Å². The summed E-state index contributed by atoms with van der Waals surface area (Å²) in [7, 11) is 0. The zero-order chi connectivity index (χ0) is 22.5. The van der Waals surface area contributed by atoms with Crippen molar-refractivity contribution in [1.29, 1.82) is 0 Å². The second-order valence-corrected chi connectivity index (χ2v) is 7.71. The van der Waals surface area contributed by atoms with Crippen LogP contribution in [0.3, 0.4) is 0 Å². The zero-order valence-corrected chi connectivity index (χ0v) is 17.8. The van der Waals surface area contributed by atoms with Crippen molar-refractivity contribution in [2.75, 3.05) is 13.2 Å². The minimum atomic E-state index is -0.291. The molecule has 0 aliphatic carbocycles. The Balaban J connectivity index is 1.25. The molecule has 0 aromatic heterocycles. The molecule has 0 spiro atoms. The molecule has 1 aliphatic heterocycles. The number of imide groups is 1. The molecular formula is C26H24N2O4. The quantitative estimate of drug-likeness (QED) is 0.435. The van der Waals surface area contributed by atoms with E-state index in [1.807, 2.05) is 31.2 Å². The Morgan fingerprint density at radius 3 is 2.25 bits per heavy atom. The number of carbonyl (C=O) groups excluding carboxylic acids is 3. The lowest BCUT2D eigenvalue weighted by molar-refractivity contribution is 0.0641. The van der Waals surface area contributed by atoms with Crippen molar-refractivity contribution in [3.8, 4) is 5.75 Å². The Morgan fingerprint density at radius 2 is 1.59 bits per heavy atom. The van der Waals surface area contributed by atoms with E-state index in [0.717, 1.165) is 16.9 Å². The number of nitrogens with zero attached hydrogens (tertiary/aromatic N) is 1. The Hall–Kier alpha value is -3.93. The van der Waals surface area contributed by atoms with Crippen LogP contribution in [-0.2, 0) is 6.54 Å². The first-order valence-electron chi connectivity index (χ1n) is 10.5. The molecule has 1 heterocycles. The van der Waals surface area contributed by atoms with Gasteiger partial charge < -0.3 is 10.1 Å². The highest BCUT2D eigenvalue weighted by atomic mass is 16.5. The Bertz CT molecular complexity index is 1120. The van der Waals surface area contributed by atoms with E-state index >= 15 is 0 Å². The monoisotopic (exact) mass is 428 g/mol. The average Bonchev–Trinajstić information content (AvgIpc) is 3.04. The Labute approximate surface area is 186 Å². The number of amides is 3. The minimum absolute atomic E-state index is 0.171. The van der Waals surface area contributed by atoms with Crippen molar-refractivity contribution in [2.45, 2.75) is 19.9 Å². The fourth-order valence-corrected chi connectivity index (χ4v) is 3.60. The molecule has 6 nitrogen and oxygen atoms in total. The van der Waals surface area contributed by atoms with Gasteiger partial charge in [0.05, 0.1) is 24.3 Å². The number of ether oxygens (including phenoxy) is 1. The van der Waals surface area contributed by atoms with Crippen LogP contribution >= 0.6 is 0 Å². The lowest BCUT2D eigenvalue weighted by atomic mass is 10.1. The van der Waals surface area contributed by atoms with Crippen molar-refractivity contribution >= 4 is 17.7 Å². The average molecular weight is 428 g/mol. The van der Waals surface area contributed by atoms with Gasteiger partial charge in [-0.25, -0.2) is 0 Å². The molecule has 32 heavy (non-hydrogen) atoms. The predicted molar refractivity (Wildman–Crippen MR) is 121 cm³/mol. The summed E-state index contributed by atoms with van der Waals surface area (Å²) < 4.78 is 5.68. The highest BCUT2D eigenvalue weighted by molar-refractivity contribution is 6.21. The van der Waals surface area contributed by atoms with Crippen LogP contribution in [0.4, 0.5) is 0 Å². The SMILES string of the molecule is Cc1cccc(OCCCNC(=O)c2ccc(CN3C(=O)c4ccccc4C3=O)cc2)c1.